The number of aromatic nitrogens is 2. The molecule has 1 N–H and O–H groups in total. The third-order valence-electron chi connectivity index (χ3n) is 3.45. The van der Waals surface area contributed by atoms with Crippen molar-refractivity contribution in [2.45, 2.75) is 13.3 Å². The summed E-state index contributed by atoms with van der Waals surface area (Å²) in [6.07, 6.45) is -0.0644. The Bertz CT molecular complexity index is 971. The molecule has 3 aromatic rings. The largest absolute Gasteiger partial charge is 0.302 e. The lowest BCUT2D eigenvalue weighted by Gasteiger charge is -2.07. The number of thiazole rings is 1. The minimum absolute atomic E-state index is 0.0644. The maximum atomic E-state index is 13.3. The fraction of sp³-hybridized carbons (Fsp3) is 0.118. The lowest BCUT2D eigenvalue weighted by atomic mass is 10.2. The molecule has 0 saturated carbocycles. The first-order valence-corrected chi connectivity index (χ1v) is 8.99. The van der Waals surface area contributed by atoms with Crippen molar-refractivity contribution >= 4 is 45.6 Å². The van der Waals surface area contributed by atoms with Gasteiger partial charge in [0.1, 0.15) is 5.15 Å². The van der Waals surface area contributed by atoms with Gasteiger partial charge in [-0.05, 0) is 31.2 Å². The number of nitrogens with one attached hydrogen (secondary N) is 1. The van der Waals surface area contributed by atoms with Crippen molar-refractivity contribution < 1.29 is 13.6 Å². The van der Waals surface area contributed by atoms with Crippen LogP contribution < -0.4 is 5.32 Å². The van der Waals surface area contributed by atoms with Crippen LogP contribution in [0.3, 0.4) is 0 Å². The highest BCUT2D eigenvalue weighted by Gasteiger charge is 2.15. The molecule has 0 bridgehead atoms. The molecule has 0 spiro atoms. The molecule has 0 aliphatic carbocycles. The van der Waals surface area contributed by atoms with Crippen LogP contribution in [0.4, 0.5) is 13.9 Å². The average Bonchev–Trinajstić information content (AvgIpc) is 3.02. The van der Waals surface area contributed by atoms with Crippen LogP contribution in [0.1, 0.15) is 11.3 Å². The summed E-state index contributed by atoms with van der Waals surface area (Å²) in [5, 5.41) is 5.12. The fourth-order valence-corrected chi connectivity index (χ4v) is 3.62. The second kappa shape index (κ2) is 7.65. The van der Waals surface area contributed by atoms with E-state index >= 15 is 0 Å². The van der Waals surface area contributed by atoms with E-state index in [1.165, 1.54) is 6.07 Å². The van der Waals surface area contributed by atoms with Crippen LogP contribution in [0.2, 0.25) is 10.2 Å². The maximum absolute atomic E-state index is 13.3. The summed E-state index contributed by atoms with van der Waals surface area (Å²) in [7, 11) is 0. The number of carbonyl (C=O) groups is 1. The molecule has 9 heteroatoms. The number of pyridine rings is 1. The van der Waals surface area contributed by atoms with Gasteiger partial charge in [-0.3, -0.25) is 4.79 Å². The molecule has 0 saturated heterocycles. The van der Waals surface area contributed by atoms with Crippen molar-refractivity contribution in [3.63, 3.8) is 0 Å². The van der Waals surface area contributed by atoms with Crippen LogP contribution in [0, 0.1) is 18.6 Å². The van der Waals surface area contributed by atoms with Gasteiger partial charge in [0.15, 0.2) is 16.8 Å². The number of benzene rings is 1. The summed E-state index contributed by atoms with van der Waals surface area (Å²) in [6.45, 7) is 1.75. The van der Waals surface area contributed by atoms with Crippen LogP contribution >= 0.6 is 34.5 Å². The van der Waals surface area contributed by atoms with Gasteiger partial charge in [-0.15, -0.1) is 11.3 Å². The Kier molecular flexibility index (Phi) is 5.50. The Morgan fingerprint density at radius 3 is 2.65 bits per heavy atom. The highest BCUT2D eigenvalue weighted by Crippen LogP contribution is 2.27. The number of hydrogen-bond acceptors (Lipinski definition) is 4. The predicted octanol–water partition coefficient (Wildman–Crippen LogP) is 5.28. The van der Waals surface area contributed by atoms with Gasteiger partial charge >= 0.3 is 0 Å². The number of nitrogens with zero attached hydrogens (tertiary/aromatic N) is 2. The number of carbonyl (C=O) groups excluding carboxylic acids is 1. The van der Waals surface area contributed by atoms with E-state index in [2.05, 4.69) is 15.3 Å². The summed E-state index contributed by atoms with van der Waals surface area (Å²) in [6, 6.07) is 5.11. The maximum Gasteiger partial charge on any atom is 0.230 e. The van der Waals surface area contributed by atoms with Crippen LogP contribution in [0.15, 0.2) is 29.6 Å². The third-order valence-corrected chi connectivity index (χ3v) is 4.86. The molecule has 2 heterocycles. The normalized spacial score (nSPS) is 10.8. The smallest absolute Gasteiger partial charge is 0.230 e. The molecule has 3 rings (SSSR count). The van der Waals surface area contributed by atoms with Crippen LogP contribution in [0.25, 0.3) is 11.3 Å². The van der Waals surface area contributed by atoms with Gasteiger partial charge in [0.2, 0.25) is 5.91 Å². The highest BCUT2D eigenvalue weighted by molar-refractivity contribution is 7.14. The lowest BCUT2D eigenvalue weighted by molar-refractivity contribution is -0.115. The van der Waals surface area contributed by atoms with E-state index in [0.717, 1.165) is 23.5 Å². The van der Waals surface area contributed by atoms with E-state index < -0.39 is 11.6 Å². The summed E-state index contributed by atoms with van der Waals surface area (Å²) in [5.41, 5.74) is 1.92. The van der Waals surface area contributed by atoms with Crippen LogP contribution in [0.5, 0.6) is 0 Å². The zero-order chi connectivity index (χ0) is 18.8. The van der Waals surface area contributed by atoms with Crippen molar-refractivity contribution in [1.82, 2.24) is 9.97 Å². The van der Waals surface area contributed by atoms with Gasteiger partial charge < -0.3 is 5.32 Å². The number of rotatable bonds is 4. The first-order chi connectivity index (χ1) is 12.3. The molecule has 0 atom stereocenters. The molecule has 4 nitrogen and oxygen atoms in total. The van der Waals surface area contributed by atoms with Crippen molar-refractivity contribution in [3.05, 3.63) is 62.7 Å². The zero-order valence-corrected chi connectivity index (χ0v) is 15.6. The molecule has 134 valence electrons. The topological polar surface area (TPSA) is 54.9 Å². The van der Waals surface area contributed by atoms with E-state index in [-0.39, 0.29) is 17.5 Å². The fourth-order valence-electron chi connectivity index (χ4n) is 2.22. The van der Waals surface area contributed by atoms with E-state index in [9.17, 15) is 13.6 Å². The molecule has 1 amide bonds. The molecular weight excluding hydrogens is 403 g/mol. The van der Waals surface area contributed by atoms with Crippen molar-refractivity contribution in [3.8, 4) is 11.3 Å². The standard InChI is InChI=1S/C17H11Cl2F2N3OS/c1-8-4-11(18)10(16(19)22-8)6-15(25)24-17-23-14(7-26-17)9-2-3-12(20)13(21)5-9/h2-5,7H,6H2,1H3,(H,23,24,25). The molecule has 2 aromatic heterocycles. The molecule has 0 aliphatic heterocycles. The lowest BCUT2D eigenvalue weighted by Crippen LogP contribution is -2.15. The van der Waals surface area contributed by atoms with E-state index in [0.29, 0.717) is 32.7 Å². The molecular formula is C17H11Cl2F2N3OS. The van der Waals surface area contributed by atoms with Crippen LogP contribution in [-0.2, 0) is 11.2 Å². The molecule has 1 aromatic carbocycles. The highest BCUT2D eigenvalue weighted by atomic mass is 35.5. The predicted molar refractivity (Wildman–Crippen MR) is 98.8 cm³/mol. The van der Waals surface area contributed by atoms with Gasteiger partial charge in [-0.1, -0.05) is 23.2 Å². The summed E-state index contributed by atoms with van der Waals surface area (Å²) < 4.78 is 26.3. The Hall–Kier alpha value is -2.09. The molecule has 0 fully saturated rings. The number of hydrogen-bond donors (Lipinski definition) is 1. The second-order valence-electron chi connectivity index (χ2n) is 5.41. The quantitative estimate of drug-likeness (QED) is 0.591. The Morgan fingerprint density at radius 1 is 1.19 bits per heavy atom. The first kappa shape index (κ1) is 18.7. The molecule has 26 heavy (non-hydrogen) atoms. The van der Waals surface area contributed by atoms with Gasteiger partial charge in [0.25, 0.3) is 0 Å². The average molecular weight is 414 g/mol. The van der Waals surface area contributed by atoms with Crippen molar-refractivity contribution in [1.29, 1.82) is 0 Å². The van der Waals surface area contributed by atoms with Gasteiger partial charge in [0.05, 0.1) is 12.1 Å². The Morgan fingerprint density at radius 2 is 1.96 bits per heavy atom. The Labute approximate surface area is 161 Å². The minimum Gasteiger partial charge on any atom is -0.302 e. The minimum atomic E-state index is -0.961. The summed E-state index contributed by atoms with van der Waals surface area (Å²) >= 11 is 13.3. The summed E-state index contributed by atoms with van der Waals surface area (Å²) in [4.78, 5) is 20.5. The van der Waals surface area contributed by atoms with E-state index in [1.54, 1.807) is 18.4 Å². The van der Waals surface area contributed by atoms with Crippen LogP contribution in [-0.4, -0.2) is 15.9 Å². The first-order valence-electron chi connectivity index (χ1n) is 7.36. The monoisotopic (exact) mass is 413 g/mol. The second-order valence-corrected chi connectivity index (χ2v) is 7.03. The number of anilines is 1. The molecule has 0 unspecified atom stereocenters. The third kappa shape index (κ3) is 4.17. The SMILES string of the molecule is Cc1cc(Cl)c(CC(=O)Nc2nc(-c3ccc(F)c(F)c3)cs2)c(Cl)n1. The van der Waals surface area contributed by atoms with Gasteiger partial charge in [0, 0.05) is 27.2 Å². The van der Waals surface area contributed by atoms with E-state index in [1.807, 2.05) is 0 Å². The molecule has 0 radical (unpaired) electrons. The molecule has 0 aliphatic rings. The Balaban J connectivity index is 1.73. The number of amides is 1. The van der Waals surface area contributed by atoms with E-state index in [4.69, 9.17) is 23.2 Å². The van der Waals surface area contributed by atoms with Crippen molar-refractivity contribution in [2.24, 2.45) is 0 Å². The summed E-state index contributed by atoms with van der Waals surface area (Å²) in [5.74, 6) is -2.26. The number of aryl methyl sites for hydroxylation is 1. The van der Waals surface area contributed by atoms with Crippen molar-refractivity contribution in [2.75, 3.05) is 5.32 Å². The number of halogens is 4. The van der Waals surface area contributed by atoms with Gasteiger partial charge in [-0.25, -0.2) is 18.7 Å². The van der Waals surface area contributed by atoms with Gasteiger partial charge in [-0.2, -0.15) is 0 Å². The zero-order valence-electron chi connectivity index (χ0n) is 13.3.